The van der Waals surface area contributed by atoms with Gasteiger partial charge < -0.3 is 4.74 Å². The highest BCUT2D eigenvalue weighted by atomic mass is 127. The molecule has 0 aliphatic carbocycles. The SMILES string of the molecule is FC(I)C(F)(F)OCCCl. The van der Waals surface area contributed by atoms with Crippen LogP contribution < -0.4 is 0 Å². The van der Waals surface area contributed by atoms with Crippen molar-refractivity contribution in [1.29, 1.82) is 0 Å². The van der Waals surface area contributed by atoms with Crippen molar-refractivity contribution in [3.05, 3.63) is 0 Å². The molecule has 0 saturated carbocycles. The van der Waals surface area contributed by atoms with Crippen molar-refractivity contribution in [1.82, 2.24) is 0 Å². The monoisotopic (exact) mass is 288 g/mol. The maximum Gasteiger partial charge on any atom is 0.396 e. The quantitative estimate of drug-likeness (QED) is 0.571. The topological polar surface area (TPSA) is 9.23 Å². The van der Waals surface area contributed by atoms with Gasteiger partial charge in [0, 0.05) is 5.88 Å². The van der Waals surface area contributed by atoms with E-state index in [0.717, 1.165) is 22.6 Å². The van der Waals surface area contributed by atoms with E-state index in [4.69, 9.17) is 11.6 Å². The van der Waals surface area contributed by atoms with Gasteiger partial charge in [-0.25, -0.2) is 4.39 Å². The van der Waals surface area contributed by atoms with E-state index in [1.165, 1.54) is 0 Å². The van der Waals surface area contributed by atoms with Gasteiger partial charge in [-0.3, -0.25) is 0 Å². The molecule has 0 saturated heterocycles. The molecule has 0 radical (unpaired) electrons. The van der Waals surface area contributed by atoms with Crippen molar-refractivity contribution in [2.75, 3.05) is 12.5 Å². The first kappa shape index (κ1) is 10.8. The number of hydrogen-bond donors (Lipinski definition) is 0. The molecule has 0 bridgehead atoms. The van der Waals surface area contributed by atoms with Crippen LogP contribution in [0.1, 0.15) is 0 Å². The summed E-state index contributed by atoms with van der Waals surface area (Å²) in [6.07, 6.45) is -3.71. The molecule has 10 heavy (non-hydrogen) atoms. The van der Waals surface area contributed by atoms with E-state index < -0.39 is 10.3 Å². The summed E-state index contributed by atoms with van der Waals surface area (Å²) in [5, 5.41) is 0. The van der Waals surface area contributed by atoms with Crippen LogP contribution in [-0.2, 0) is 4.74 Å². The Balaban J connectivity index is 3.63. The maximum atomic E-state index is 12.1. The minimum Gasteiger partial charge on any atom is -0.316 e. The molecular formula is C4H5ClF3IO. The molecule has 0 aliphatic heterocycles. The van der Waals surface area contributed by atoms with Crippen LogP contribution in [0.3, 0.4) is 0 Å². The predicted molar refractivity (Wildman–Crippen MR) is 40.5 cm³/mol. The Kier molecular flexibility index (Phi) is 4.96. The Bertz CT molecular complexity index is 101. The Morgan fingerprint density at radius 2 is 2.10 bits per heavy atom. The van der Waals surface area contributed by atoms with E-state index in [0.29, 0.717) is 0 Å². The van der Waals surface area contributed by atoms with E-state index in [2.05, 4.69) is 4.74 Å². The molecule has 1 atom stereocenters. The van der Waals surface area contributed by atoms with Gasteiger partial charge in [0.2, 0.25) is 4.18 Å². The van der Waals surface area contributed by atoms with Gasteiger partial charge in [0.05, 0.1) is 6.61 Å². The van der Waals surface area contributed by atoms with Gasteiger partial charge in [0.1, 0.15) is 0 Å². The van der Waals surface area contributed by atoms with Crippen LogP contribution in [0.4, 0.5) is 13.2 Å². The molecule has 0 aromatic carbocycles. The number of halogens is 5. The number of rotatable bonds is 4. The highest BCUT2D eigenvalue weighted by Gasteiger charge is 2.39. The fourth-order valence-electron chi connectivity index (χ4n) is 0.238. The van der Waals surface area contributed by atoms with Gasteiger partial charge in [0.25, 0.3) is 0 Å². The van der Waals surface area contributed by atoms with Gasteiger partial charge in [-0.2, -0.15) is 8.78 Å². The molecule has 0 fully saturated rings. The summed E-state index contributed by atoms with van der Waals surface area (Å²) in [4.78, 5) is 0. The van der Waals surface area contributed by atoms with Crippen molar-refractivity contribution in [2.24, 2.45) is 0 Å². The Morgan fingerprint density at radius 3 is 2.40 bits per heavy atom. The third-order valence-electron chi connectivity index (χ3n) is 0.626. The highest BCUT2D eigenvalue weighted by molar-refractivity contribution is 14.1. The molecular weight excluding hydrogens is 283 g/mol. The zero-order valence-electron chi connectivity index (χ0n) is 4.79. The molecule has 0 aromatic rings. The van der Waals surface area contributed by atoms with Gasteiger partial charge in [-0.05, 0) is 22.6 Å². The predicted octanol–water partition coefficient (Wildman–Crippen LogP) is 2.57. The second kappa shape index (κ2) is 4.61. The van der Waals surface area contributed by atoms with Crippen molar-refractivity contribution in [3.8, 4) is 0 Å². The van der Waals surface area contributed by atoms with Crippen molar-refractivity contribution in [2.45, 2.75) is 10.3 Å². The second-order valence-electron chi connectivity index (χ2n) is 1.40. The van der Waals surface area contributed by atoms with Crippen molar-refractivity contribution >= 4 is 34.2 Å². The number of hydrogen-bond acceptors (Lipinski definition) is 1. The summed E-state index contributed by atoms with van der Waals surface area (Å²) >= 11 is 5.97. The second-order valence-corrected chi connectivity index (χ2v) is 2.87. The third kappa shape index (κ3) is 3.82. The fourth-order valence-corrected chi connectivity index (χ4v) is 0.495. The van der Waals surface area contributed by atoms with Crippen molar-refractivity contribution in [3.63, 3.8) is 0 Å². The number of ether oxygens (including phenoxy) is 1. The summed E-state index contributed by atoms with van der Waals surface area (Å²) in [5.74, 6) is -0.0705. The molecule has 0 aliphatic rings. The lowest BCUT2D eigenvalue weighted by atomic mass is 10.7. The lowest BCUT2D eigenvalue weighted by Crippen LogP contribution is -2.29. The normalized spacial score (nSPS) is 15.3. The molecule has 0 aromatic heterocycles. The summed E-state index contributed by atoms with van der Waals surface area (Å²) in [6, 6.07) is 0. The fraction of sp³-hybridized carbons (Fsp3) is 1.00. The minimum atomic E-state index is -3.71. The van der Waals surface area contributed by atoms with Crippen LogP contribution >= 0.6 is 34.2 Å². The molecule has 1 unspecified atom stereocenters. The van der Waals surface area contributed by atoms with Crippen molar-refractivity contribution < 1.29 is 17.9 Å². The van der Waals surface area contributed by atoms with E-state index in [9.17, 15) is 13.2 Å². The average Bonchev–Trinajstić information content (AvgIpc) is 1.84. The summed E-state index contributed by atoms with van der Waals surface area (Å²) < 4.78 is 37.5. The molecule has 0 heterocycles. The molecule has 0 N–H and O–H groups in total. The van der Waals surface area contributed by atoms with E-state index >= 15 is 0 Å². The average molecular weight is 288 g/mol. The maximum absolute atomic E-state index is 12.1. The summed E-state index contributed by atoms with van der Waals surface area (Å²) in [7, 11) is 0. The van der Waals surface area contributed by atoms with Crippen LogP contribution in [0.5, 0.6) is 0 Å². The molecule has 1 nitrogen and oxygen atoms in total. The lowest BCUT2D eigenvalue weighted by Gasteiger charge is -2.15. The molecule has 0 spiro atoms. The van der Waals surface area contributed by atoms with E-state index in [1.807, 2.05) is 0 Å². The standard InChI is InChI=1S/C4H5ClF3IO/c5-1-2-10-4(7,8)3(6)9/h3H,1-2H2. The van der Waals surface area contributed by atoms with Crippen LogP contribution in [0.2, 0.25) is 0 Å². The van der Waals surface area contributed by atoms with Crippen LogP contribution in [0, 0.1) is 0 Å². The first-order valence-electron chi connectivity index (χ1n) is 2.36. The number of alkyl halides is 5. The molecule has 62 valence electrons. The van der Waals surface area contributed by atoms with Gasteiger partial charge in [0.15, 0.2) is 0 Å². The minimum absolute atomic E-state index is 0.0705. The van der Waals surface area contributed by atoms with Gasteiger partial charge in [-0.1, -0.05) is 0 Å². The highest BCUT2D eigenvalue weighted by Crippen LogP contribution is 2.27. The summed E-state index contributed by atoms with van der Waals surface area (Å²) in [6.45, 7) is -0.349. The van der Waals surface area contributed by atoms with Crippen LogP contribution in [-0.4, -0.2) is 22.8 Å². The smallest absolute Gasteiger partial charge is 0.316 e. The van der Waals surface area contributed by atoms with Gasteiger partial charge >= 0.3 is 6.11 Å². The van der Waals surface area contributed by atoms with Gasteiger partial charge in [-0.15, -0.1) is 11.6 Å². The molecule has 0 rings (SSSR count). The van der Waals surface area contributed by atoms with E-state index in [1.54, 1.807) is 0 Å². The zero-order valence-corrected chi connectivity index (χ0v) is 7.70. The zero-order chi connectivity index (χ0) is 8.20. The van der Waals surface area contributed by atoms with Crippen LogP contribution in [0.25, 0.3) is 0 Å². The third-order valence-corrected chi connectivity index (χ3v) is 1.51. The Morgan fingerprint density at radius 1 is 1.60 bits per heavy atom. The summed E-state index contributed by atoms with van der Waals surface area (Å²) in [5.41, 5.74) is 0. The lowest BCUT2D eigenvalue weighted by molar-refractivity contribution is -0.247. The Labute approximate surface area is 75.0 Å². The first-order chi connectivity index (χ1) is 4.50. The first-order valence-corrected chi connectivity index (χ1v) is 4.14. The van der Waals surface area contributed by atoms with Crippen LogP contribution in [0.15, 0.2) is 0 Å². The van der Waals surface area contributed by atoms with E-state index in [-0.39, 0.29) is 12.5 Å². The molecule has 6 heteroatoms. The Hall–Kier alpha value is 0.770. The largest absolute Gasteiger partial charge is 0.396 e. The molecule has 0 amide bonds.